The summed E-state index contributed by atoms with van der Waals surface area (Å²) in [6.07, 6.45) is 4.75. The van der Waals surface area contributed by atoms with E-state index in [0.29, 0.717) is 12.6 Å². The number of alkyl halides is 1. The van der Waals surface area contributed by atoms with Crippen LogP contribution in [0.2, 0.25) is 0 Å². The highest BCUT2D eigenvalue weighted by Crippen LogP contribution is 2.26. The van der Waals surface area contributed by atoms with Gasteiger partial charge >= 0.3 is 0 Å². The Labute approximate surface area is 115 Å². The lowest BCUT2D eigenvalue weighted by molar-refractivity contribution is 0.120. The summed E-state index contributed by atoms with van der Waals surface area (Å²) in [6.45, 7) is 1.63. The van der Waals surface area contributed by atoms with Gasteiger partial charge in [0.05, 0.1) is 0 Å². The van der Waals surface area contributed by atoms with E-state index < -0.39 is 11.6 Å². The zero-order valence-electron chi connectivity index (χ0n) is 10.3. The van der Waals surface area contributed by atoms with Crippen LogP contribution >= 0.6 is 15.9 Å². The Balaban J connectivity index is 2.02. The largest absolute Gasteiger partial charge is 0.296 e. The van der Waals surface area contributed by atoms with Gasteiger partial charge in [-0.05, 0) is 43.5 Å². The minimum Gasteiger partial charge on any atom is -0.296 e. The lowest BCUT2D eigenvalue weighted by atomic mass is 9.91. The van der Waals surface area contributed by atoms with Crippen LogP contribution in [0.3, 0.4) is 0 Å². The van der Waals surface area contributed by atoms with Crippen LogP contribution < -0.4 is 0 Å². The Bertz CT molecular complexity index is 373. The van der Waals surface area contributed by atoms with E-state index in [1.54, 1.807) is 0 Å². The molecule has 1 saturated carbocycles. The molecule has 0 saturated heterocycles. The average Bonchev–Trinajstić information content (AvgIpc) is 2.21. The van der Waals surface area contributed by atoms with Gasteiger partial charge in [0.1, 0.15) is 11.6 Å². The predicted molar refractivity (Wildman–Crippen MR) is 72.8 cm³/mol. The highest BCUT2D eigenvalue weighted by Gasteiger charge is 2.24. The van der Waals surface area contributed by atoms with Crippen molar-refractivity contribution in [2.75, 3.05) is 11.9 Å². The van der Waals surface area contributed by atoms with Gasteiger partial charge in [0, 0.05) is 24.0 Å². The van der Waals surface area contributed by atoms with Crippen LogP contribution in [0.1, 0.15) is 31.2 Å². The van der Waals surface area contributed by atoms with E-state index in [2.05, 4.69) is 20.8 Å². The highest BCUT2D eigenvalue weighted by atomic mass is 79.9. The van der Waals surface area contributed by atoms with Gasteiger partial charge in [-0.3, -0.25) is 4.90 Å². The Morgan fingerprint density at radius 3 is 2.33 bits per heavy atom. The third kappa shape index (κ3) is 3.75. The van der Waals surface area contributed by atoms with Crippen molar-refractivity contribution >= 4 is 15.9 Å². The number of rotatable bonds is 6. The van der Waals surface area contributed by atoms with Gasteiger partial charge in [-0.2, -0.15) is 0 Å². The molecule has 2 rings (SSSR count). The van der Waals surface area contributed by atoms with Gasteiger partial charge in [0.2, 0.25) is 0 Å². The number of halogens is 3. The van der Waals surface area contributed by atoms with Crippen LogP contribution in [0.15, 0.2) is 18.2 Å². The maximum absolute atomic E-state index is 13.2. The van der Waals surface area contributed by atoms with E-state index >= 15 is 0 Å². The van der Waals surface area contributed by atoms with Crippen molar-refractivity contribution in [2.45, 2.75) is 38.3 Å². The van der Waals surface area contributed by atoms with Crippen LogP contribution in [0.4, 0.5) is 8.78 Å². The van der Waals surface area contributed by atoms with E-state index in [9.17, 15) is 8.78 Å². The van der Waals surface area contributed by atoms with E-state index in [1.807, 2.05) is 0 Å². The van der Waals surface area contributed by atoms with Gasteiger partial charge in [-0.1, -0.05) is 22.4 Å². The standard InChI is InChI=1S/C14H18BrF2N/c15-5-2-6-18(14-3-1-4-14)10-11-7-12(16)9-13(17)8-11/h7-9,14H,1-6,10H2. The lowest BCUT2D eigenvalue weighted by Gasteiger charge is -2.37. The smallest absolute Gasteiger partial charge is 0.126 e. The molecule has 0 aliphatic heterocycles. The first-order chi connectivity index (χ1) is 8.69. The maximum Gasteiger partial charge on any atom is 0.126 e. The first kappa shape index (κ1) is 13.9. The van der Waals surface area contributed by atoms with Crippen LogP contribution in [0.5, 0.6) is 0 Å². The molecule has 0 heterocycles. The summed E-state index contributed by atoms with van der Waals surface area (Å²) >= 11 is 3.43. The maximum atomic E-state index is 13.2. The molecule has 0 radical (unpaired) electrons. The van der Waals surface area contributed by atoms with E-state index in [0.717, 1.165) is 29.9 Å². The Hall–Kier alpha value is -0.480. The Morgan fingerprint density at radius 1 is 1.17 bits per heavy atom. The highest BCUT2D eigenvalue weighted by molar-refractivity contribution is 9.09. The van der Waals surface area contributed by atoms with Gasteiger partial charge in [-0.15, -0.1) is 0 Å². The molecule has 0 aromatic heterocycles. The summed E-state index contributed by atoms with van der Waals surface area (Å²) in [6, 6.07) is 4.39. The normalized spacial score (nSPS) is 16.0. The van der Waals surface area contributed by atoms with Gasteiger partial charge in [0.15, 0.2) is 0 Å². The quantitative estimate of drug-likeness (QED) is 0.714. The van der Waals surface area contributed by atoms with Crippen LogP contribution in [0, 0.1) is 11.6 Å². The van der Waals surface area contributed by atoms with E-state index in [-0.39, 0.29) is 0 Å². The van der Waals surface area contributed by atoms with Crippen molar-refractivity contribution in [3.8, 4) is 0 Å². The number of benzene rings is 1. The molecule has 4 heteroatoms. The fourth-order valence-electron chi connectivity index (χ4n) is 2.34. The van der Waals surface area contributed by atoms with Gasteiger partial charge in [0.25, 0.3) is 0 Å². The van der Waals surface area contributed by atoms with Crippen LogP contribution in [0.25, 0.3) is 0 Å². The van der Waals surface area contributed by atoms with Crippen molar-refractivity contribution in [2.24, 2.45) is 0 Å². The summed E-state index contributed by atoms with van der Waals surface area (Å²) in [7, 11) is 0. The summed E-state index contributed by atoms with van der Waals surface area (Å²) in [5.41, 5.74) is 0.731. The fraction of sp³-hybridized carbons (Fsp3) is 0.571. The minimum atomic E-state index is -0.487. The monoisotopic (exact) mass is 317 g/mol. The lowest BCUT2D eigenvalue weighted by Crippen LogP contribution is -2.40. The predicted octanol–water partition coefficient (Wildman–Crippen LogP) is 4.10. The minimum absolute atomic E-state index is 0.487. The molecule has 0 unspecified atom stereocenters. The van der Waals surface area contributed by atoms with Crippen molar-refractivity contribution in [1.82, 2.24) is 4.90 Å². The number of hydrogen-bond donors (Lipinski definition) is 0. The van der Waals surface area contributed by atoms with Gasteiger partial charge < -0.3 is 0 Å². The molecule has 0 amide bonds. The molecule has 1 aromatic carbocycles. The van der Waals surface area contributed by atoms with Crippen molar-refractivity contribution in [3.63, 3.8) is 0 Å². The number of nitrogens with zero attached hydrogens (tertiary/aromatic N) is 1. The molecule has 18 heavy (non-hydrogen) atoms. The Morgan fingerprint density at radius 2 is 1.83 bits per heavy atom. The van der Waals surface area contributed by atoms with Crippen LogP contribution in [-0.2, 0) is 6.54 Å². The summed E-state index contributed by atoms with van der Waals surface area (Å²) in [5.74, 6) is -0.974. The Kier molecular flexibility index (Phi) is 5.13. The summed E-state index contributed by atoms with van der Waals surface area (Å²) in [5, 5.41) is 0.966. The SMILES string of the molecule is Fc1cc(F)cc(CN(CCCBr)C2CCC2)c1. The number of hydrogen-bond acceptors (Lipinski definition) is 1. The molecular formula is C14H18BrF2N. The van der Waals surface area contributed by atoms with Crippen molar-refractivity contribution in [3.05, 3.63) is 35.4 Å². The summed E-state index contributed by atoms with van der Waals surface area (Å²) in [4.78, 5) is 2.35. The molecule has 1 aliphatic rings. The zero-order valence-corrected chi connectivity index (χ0v) is 11.9. The van der Waals surface area contributed by atoms with Crippen LogP contribution in [-0.4, -0.2) is 22.8 Å². The zero-order chi connectivity index (χ0) is 13.0. The molecule has 100 valence electrons. The first-order valence-electron chi connectivity index (χ1n) is 6.44. The van der Waals surface area contributed by atoms with Crippen molar-refractivity contribution < 1.29 is 8.78 Å². The van der Waals surface area contributed by atoms with E-state index in [4.69, 9.17) is 0 Å². The molecule has 0 bridgehead atoms. The second-order valence-electron chi connectivity index (χ2n) is 4.88. The molecule has 0 atom stereocenters. The third-order valence-corrected chi connectivity index (χ3v) is 4.04. The van der Waals surface area contributed by atoms with Crippen molar-refractivity contribution in [1.29, 1.82) is 0 Å². The molecule has 1 aromatic rings. The second kappa shape index (κ2) is 6.62. The molecule has 0 N–H and O–H groups in total. The van der Waals surface area contributed by atoms with E-state index in [1.165, 1.54) is 31.4 Å². The molecule has 0 spiro atoms. The average molecular weight is 318 g/mol. The summed E-state index contributed by atoms with van der Waals surface area (Å²) < 4.78 is 26.3. The molecule has 1 fully saturated rings. The molecule has 1 nitrogen and oxygen atoms in total. The fourth-order valence-corrected chi connectivity index (χ4v) is 2.59. The van der Waals surface area contributed by atoms with Gasteiger partial charge in [-0.25, -0.2) is 8.78 Å². The topological polar surface area (TPSA) is 3.24 Å². The molecular weight excluding hydrogens is 300 g/mol. The molecule has 1 aliphatic carbocycles. The first-order valence-corrected chi connectivity index (χ1v) is 7.56. The second-order valence-corrected chi connectivity index (χ2v) is 5.67. The third-order valence-electron chi connectivity index (χ3n) is 3.48.